The van der Waals surface area contributed by atoms with E-state index in [0.29, 0.717) is 19.4 Å². The number of carbonyl (C=O) groups is 3. The summed E-state index contributed by atoms with van der Waals surface area (Å²) in [6.07, 6.45) is 2.16. The monoisotopic (exact) mass is 257 g/mol. The molecule has 18 heavy (non-hydrogen) atoms. The molecule has 0 aromatic rings. The topological polar surface area (TPSA) is 92.7 Å². The van der Waals surface area contributed by atoms with Gasteiger partial charge in [-0.2, -0.15) is 0 Å². The molecular formula is C12H19NO5. The molecule has 6 nitrogen and oxygen atoms in total. The minimum atomic E-state index is -0.872. The molecule has 0 aromatic carbocycles. The zero-order valence-electron chi connectivity index (χ0n) is 10.5. The number of nitrogens with one attached hydrogen (secondary N) is 1. The molecule has 1 rings (SSSR count). The van der Waals surface area contributed by atoms with Crippen molar-refractivity contribution in [1.82, 2.24) is 5.32 Å². The standard InChI is InChI=1S/C12H19NO5/c1-2-18-11(15)7-6-10(14)13-9-5-3-4-8(9)12(16)17/h8-9H,2-7H2,1H3,(H,13,14)(H,16,17). The number of rotatable bonds is 6. The number of hydrogen-bond acceptors (Lipinski definition) is 4. The number of carbonyl (C=O) groups excluding carboxylic acids is 2. The van der Waals surface area contributed by atoms with Gasteiger partial charge in [-0.05, 0) is 19.8 Å². The molecule has 2 unspecified atom stereocenters. The predicted octanol–water partition coefficient (Wildman–Crippen LogP) is 0.699. The van der Waals surface area contributed by atoms with E-state index in [1.807, 2.05) is 0 Å². The van der Waals surface area contributed by atoms with Crippen molar-refractivity contribution in [3.05, 3.63) is 0 Å². The summed E-state index contributed by atoms with van der Waals surface area (Å²) in [4.78, 5) is 33.5. The largest absolute Gasteiger partial charge is 0.481 e. The number of ether oxygens (including phenoxy) is 1. The molecule has 1 aliphatic carbocycles. The molecule has 1 saturated carbocycles. The van der Waals surface area contributed by atoms with Gasteiger partial charge in [-0.1, -0.05) is 6.42 Å². The van der Waals surface area contributed by atoms with E-state index in [-0.39, 0.29) is 24.8 Å². The normalized spacial score (nSPS) is 22.5. The quantitative estimate of drug-likeness (QED) is 0.683. The molecule has 0 aliphatic heterocycles. The molecule has 6 heteroatoms. The van der Waals surface area contributed by atoms with Gasteiger partial charge in [-0.15, -0.1) is 0 Å². The second kappa shape index (κ2) is 6.98. The van der Waals surface area contributed by atoms with Crippen molar-refractivity contribution < 1.29 is 24.2 Å². The van der Waals surface area contributed by atoms with Crippen LogP contribution in [0.25, 0.3) is 0 Å². The lowest BCUT2D eigenvalue weighted by Crippen LogP contribution is -2.40. The molecule has 102 valence electrons. The van der Waals surface area contributed by atoms with Gasteiger partial charge in [0.15, 0.2) is 0 Å². The molecule has 0 radical (unpaired) electrons. The van der Waals surface area contributed by atoms with Gasteiger partial charge in [0.25, 0.3) is 0 Å². The second-order valence-electron chi connectivity index (χ2n) is 4.35. The highest BCUT2D eigenvalue weighted by Gasteiger charge is 2.33. The number of esters is 1. The summed E-state index contributed by atoms with van der Waals surface area (Å²) < 4.78 is 4.71. The molecule has 1 fully saturated rings. The van der Waals surface area contributed by atoms with Crippen molar-refractivity contribution in [1.29, 1.82) is 0 Å². The van der Waals surface area contributed by atoms with E-state index < -0.39 is 17.9 Å². The third-order valence-electron chi connectivity index (χ3n) is 3.04. The Hall–Kier alpha value is -1.59. The minimum absolute atomic E-state index is 0.0319. The summed E-state index contributed by atoms with van der Waals surface area (Å²) in [5.41, 5.74) is 0. The summed E-state index contributed by atoms with van der Waals surface area (Å²) in [5, 5.41) is 11.6. The van der Waals surface area contributed by atoms with Crippen molar-refractivity contribution in [3.8, 4) is 0 Å². The Bertz CT molecular complexity index is 328. The number of amides is 1. The molecule has 2 atom stereocenters. The van der Waals surface area contributed by atoms with Crippen LogP contribution in [-0.2, 0) is 19.1 Å². The zero-order chi connectivity index (χ0) is 13.5. The molecule has 1 amide bonds. The fourth-order valence-electron chi connectivity index (χ4n) is 2.16. The van der Waals surface area contributed by atoms with Gasteiger partial charge in [-0.25, -0.2) is 0 Å². The average molecular weight is 257 g/mol. The third kappa shape index (κ3) is 4.35. The first-order valence-electron chi connectivity index (χ1n) is 6.22. The van der Waals surface area contributed by atoms with Crippen LogP contribution in [0.5, 0.6) is 0 Å². The Balaban J connectivity index is 2.31. The van der Waals surface area contributed by atoms with E-state index in [1.54, 1.807) is 6.92 Å². The van der Waals surface area contributed by atoms with Crippen LogP contribution < -0.4 is 5.32 Å². The fraction of sp³-hybridized carbons (Fsp3) is 0.750. The van der Waals surface area contributed by atoms with Crippen molar-refractivity contribution in [2.75, 3.05) is 6.61 Å². The summed E-state index contributed by atoms with van der Waals surface area (Å²) in [5.74, 6) is -2.07. The zero-order valence-corrected chi connectivity index (χ0v) is 10.5. The summed E-state index contributed by atoms with van der Waals surface area (Å²) in [6, 6.07) is -0.308. The minimum Gasteiger partial charge on any atom is -0.481 e. The van der Waals surface area contributed by atoms with Crippen LogP contribution in [0.2, 0.25) is 0 Å². The first kappa shape index (κ1) is 14.5. The smallest absolute Gasteiger partial charge is 0.308 e. The van der Waals surface area contributed by atoms with Gasteiger partial charge < -0.3 is 15.2 Å². The van der Waals surface area contributed by atoms with Crippen LogP contribution in [0.15, 0.2) is 0 Å². The Morgan fingerprint density at radius 3 is 2.61 bits per heavy atom. The van der Waals surface area contributed by atoms with E-state index in [0.717, 1.165) is 6.42 Å². The Labute approximate surface area is 106 Å². The summed E-state index contributed by atoms with van der Waals surface area (Å²) in [7, 11) is 0. The SMILES string of the molecule is CCOC(=O)CCC(=O)NC1CCCC1C(=O)O. The Morgan fingerprint density at radius 1 is 1.28 bits per heavy atom. The van der Waals surface area contributed by atoms with Crippen molar-refractivity contribution >= 4 is 17.8 Å². The molecular weight excluding hydrogens is 238 g/mol. The number of hydrogen-bond donors (Lipinski definition) is 2. The van der Waals surface area contributed by atoms with E-state index in [1.165, 1.54) is 0 Å². The molecule has 0 saturated heterocycles. The van der Waals surface area contributed by atoms with Gasteiger partial charge in [0.05, 0.1) is 18.9 Å². The Morgan fingerprint density at radius 2 is 2.00 bits per heavy atom. The highest BCUT2D eigenvalue weighted by molar-refractivity contribution is 5.82. The van der Waals surface area contributed by atoms with Crippen molar-refractivity contribution in [2.24, 2.45) is 5.92 Å². The van der Waals surface area contributed by atoms with Crippen LogP contribution in [0.3, 0.4) is 0 Å². The van der Waals surface area contributed by atoms with Crippen LogP contribution in [0.4, 0.5) is 0 Å². The van der Waals surface area contributed by atoms with Gasteiger partial charge in [0.1, 0.15) is 0 Å². The van der Waals surface area contributed by atoms with E-state index in [2.05, 4.69) is 5.32 Å². The summed E-state index contributed by atoms with van der Waals surface area (Å²) in [6.45, 7) is 2.00. The molecule has 0 spiro atoms. The van der Waals surface area contributed by atoms with E-state index in [9.17, 15) is 14.4 Å². The van der Waals surface area contributed by atoms with Gasteiger partial charge in [0, 0.05) is 12.5 Å². The first-order valence-corrected chi connectivity index (χ1v) is 6.22. The molecule has 2 N–H and O–H groups in total. The number of aliphatic carboxylic acids is 1. The van der Waals surface area contributed by atoms with Crippen LogP contribution in [0.1, 0.15) is 39.0 Å². The third-order valence-corrected chi connectivity index (χ3v) is 3.04. The second-order valence-corrected chi connectivity index (χ2v) is 4.35. The molecule has 0 bridgehead atoms. The van der Waals surface area contributed by atoms with E-state index in [4.69, 9.17) is 9.84 Å². The van der Waals surface area contributed by atoms with Crippen molar-refractivity contribution in [3.63, 3.8) is 0 Å². The van der Waals surface area contributed by atoms with Gasteiger partial charge in [-0.3, -0.25) is 14.4 Å². The first-order chi connectivity index (χ1) is 8.54. The van der Waals surface area contributed by atoms with E-state index >= 15 is 0 Å². The van der Waals surface area contributed by atoms with Gasteiger partial charge >= 0.3 is 11.9 Å². The molecule has 0 heterocycles. The highest BCUT2D eigenvalue weighted by atomic mass is 16.5. The average Bonchev–Trinajstić information content (AvgIpc) is 2.75. The maximum atomic E-state index is 11.6. The highest BCUT2D eigenvalue weighted by Crippen LogP contribution is 2.25. The lowest BCUT2D eigenvalue weighted by Gasteiger charge is -2.17. The molecule has 1 aliphatic rings. The maximum absolute atomic E-state index is 11.6. The number of carboxylic acids is 1. The van der Waals surface area contributed by atoms with Gasteiger partial charge in [0.2, 0.25) is 5.91 Å². The van der Waals surface area contributed by atoms with Crippen LogP contribution in [-0.4, -0.2) is 35.6 Å². The molecule has 0 aromatic heterocycles. The predicted molar refractivity (Wildman–Crippen MR) is 62.8 cm³/mol. The lowest BCUT2D eigenvalue weighted by molar-refractivity contribution is -0.145. The number of carboxylic acid groups (broad SMARTS) is 1. The lowest BCUT2D eigenvalue weighted by atomic mass is 10.0. The summed E-state index contributed by atoms with van der Waals surface area (Å²) >= 11 is 0. The van der Waals surface area contributed by atoms with Crippen LogP contribution in [0, 0.1) is 5.92 Å². The Kier molecular flexibility index (Phi) is 5.61. The van der Waals surface area contributed by atoms with Crippen LogP contribution >= 0.6 is 0 Å². The maximum Gasteiger partial charge on any atom is 0.308 e. The van der Waals surface area contributed by atoms with Crippen molar-refractivity contribution in [2.45, 2.75) is 45.1 Å². The fourth-order valence-corrected chi connectivity index (χ4v) is 2.16.